The highest BCUT2D eigenvalue weighted by molar-refractivity contribution is 6.32. The average Bonchev–Trinajstić information content (AvgIpc) is 2.47. The van der Waals surface area contributed by atoms with Gasteiger partial charge in [-0.15, -0.1) is 0 Å². The Kier molecular flexibility index (Phi) is 4.24. The van der Waals surface area contributed by atoms with Crippen molar-refractivity contribution in [2.75, 3.05) is 12.4 Å². The van der Waals surface area contributed by atoms with Crippen LogP contribution in [0, 0.1) is 11.3 Å². The molecule has 0 aliphatic rings. The lowest BCUT2D eigenvalue weighted by atomic mass is 10.2. The van der Waals surface area contributed by atoms with Gasteiger partial charge in [0.1, 0.15) is 11.8 Å². The van der Waals surface area contributed by atoms with Gasteiger partial charge in [0.2, 0.25) is 0 Å². The third-order valence-electron chi connectivity index (χ3n) is 2.68. The molecule has 0 heterocycles. The Morgan fingerprint density at radius 3 is 2.75 bits per heavy atom. The second kappa shape index (κ2) is 6.09. The van der Waals surface area contributed by atoms with Gasteiger partial charge in [-0.2, -0.15) is 5.26 Å². The zero-order valence-corrected chi connectivity index (χ0v) is 11.4. The van der Waals surface area contributed by atoms with Gasteiger partial charge < -0.3 is 10.1 Å². The zero-order valence-electron chi connectivity index (χ0n) is 10.7. The molecule has 2 aromatic rings. The Hall–Kier alpha value is -2.51. The third-order valence-corrected chi connectivity index (χ3v) is 2.99. The minimum absolute atomic E-state index is 0.273. The summed E-state index contributed by atoms with van der Waals surface area (Å²) in [7, 11) is 1.54. The lowest BCUT2D eigenvalue weighted by Crippen LogP contribution is -2.11. The van der Waals surface area contributed by atoms with Crippen LogP contribution in [-0.2, 0) is 0 Å². The van der Waals surface area contributed by atoms with Gasteiger partial charge in [0.25, 0.3) is 5.91 Å². The average molecular weight is 287 g/mol. The Morgan fingerprint density at radius 1 is 1.30 bits per heavy atom. The van der Waals surface area contributed by atoms with Crippen molar-refractivity contribution >= 4 is 23.2 Å². The van der Waals surface area contributed by atoms with Crippen LogP contribution in [0.3, 0.4) is 0 Å². The molecule has 0 spiro atoms. The molecule has 1 amide bonds. The number of carbonyl (C=O) groups excluding carboxylic acids is 1. The van der Waals surface area contributed by atoms with Crippen LogP contribution in [0.1, 0.15) is 15.9 Å². The molecule has 0 unspecified atom stereocenters. The summed E-state index contributed by atoms with van der Waals surface area (Å²) in [6.45, 7) is 0. The van der Waals surface area contributed by atoms with Crippen LogP contribution in [0.2, 0.25) is 5.02 Å². The van der Waals surface area contributed by atoms with Crippen molar-refractivity contribution in [2.24, 2.45) is 0 Å². The second-order valence-corrected chi connectivity index (χ2v) is 4.40. The van der Waals surface area contributed by atoms with Gasteiger partial charge >= 0.3 is 0 Å². The van der Waals surface area contributed by atoms with E-state index in [2.05, 4.69) is 5.32 Å². The maximum Gasteiger partial charge on any atom is 0.255 e. The maximum absolute atomic E-state index is 12.1. The van der Waals surface area contributed by atoms with Crippen molar-refractivity contribution in [1.82, 2.24) is 0 Å². The molecule has 100 valence electrons. The van der Waals surface area contributed by atoms with E-state index in [-0.39, 0.29) is 5.91 Å². The summed E-state index contributed by atoms with van der Waals surface area (Å²) in [6, 6.07) is 13.5. The first-order valence-electron chi connectivity index (χ1n) is 5.79. The lowest BCUT2D eigenvalue weighted by molar-refractivity contribution is 0.102. The SMILES string of the molecule is COc1cccc(C(=O)Nc2ccc(C#N)c(Cl)c2)c1. The molecular weight excluding hydrogens is 276 g/mol. The van der Waals surface area contributed by atoms with Crippen LogP contribution in [0.25, 0.3) is 0 Å². The molecule has 0 bridgehead atoms. The number of anilines is 1. The zero-order chi connectivity index (χ0) is 14.5. The van der Waals surface area contributed by atoms with E-state index in [9.17, 15) is 4.79 Å². The Bertz CT molecular complexity index is 693. The lowest BCUT2D eigenvalue weighted by Gasteiger charge is -2.07. The number of amides is 1. The number of halogens is 1. The summed E-state index contributed by atoms with van der Waals surface area (Å²) in [6.07, 6.45) is 0. The number of nitriles is 1. The van der Waals surface area contributed by atoms with Gasteiger partial charge in [0.15, 0.2) is 0 Å². The molecule has 0 radical (unpaired) electrons. The monoisotopic (exact) mass is 286 g/mol. The van der Waals surface area contributed by atoms with E-state index in [4.69, 9.17) is 21.6 Å². The highest BCUT2D eigenvalue weighted by atomic mass is 35.5. The largest absolute Gasteiger partial charge is 0.497 e. The van der Waals surface area contributed by atoms with Crippen molar-refractivity contribution in [3.05, 3.63) is 58.6 Å². The van der Waals surface area contributed by atoms with Crippen molar-refractivity contribution in [3.63, 3.8) is 0 Å². The first kappa shape index (κ1) is 13.9. The molecule has 4 nitrogen and oxygen atoms in total. The molecule has 2 rings (SSSR count). The van der Waals surface area contributed by atoms with Gasteiger partial charge in [-0.25, -0.2) is 0 Å². The fourth-order valence-corrected chi connectivity index (χ4v) is 1.87. The summed E-state index contributed by atoms with van der Waals surface area (Å²) in [5.74, 6) is 0.334. The predicted octanol–water partition coefficient (Wildman–Crippen LogP) is 3.47. The highest BCUT2D eigenvalue weighted by Crippen LogP contribution is 2.21. The van der Waals surface area contributed by atoms with Gasteiger partial charge in [0.05, 0.1) is 17.7 Å². The predicted molar refractivity (Wildman–Crippen MR) is 77.1 cm³/mol. The van der Waals surface area contributed by atoms with Gasteiger partial charge in [-0.05, 0) is 36.4 Å². The smallest absolute Gasteiger partial charge is 0.255 e. The first-order valence-corrected chi connectivity index (χ1v) is 6.17. The summed E-state index contributed by atoms with van der Waals surface area (Å²) < 4.78 is 5.07. The third kappa shape index (κ3) is 3.08. The molecule has 0 saturated carbocycles. The number of ether oxygens (including phenoxy) is 1. The standard InChI is InChI=1S/C15H11ClN2O2/c1-20-13-4-2-3-10(7-13)15(19)18-12-6-5-11(9-17)14(16)8-12/h2-8H,1H3,(H,18,19). The van der Waals surface area contributed by atoms with E-state index < -0.39 is 0 Å². The van der Waals surface area contributed by atoms with Crippen LogP contribution in [0.5, 0.6) is 5.75 Å². The number of methoxy groups -OCH3 is 1. The van der Waals surface area contributed by atoms with Gasteiger partial charge in [0, 0.05) is 11.3 Å². The molecule has 0 aromatic heterocycles. The first-order chi connectivity index (χ1) is 9.63. The van der Waals surface area contributed by atoms with Crippen molar-refractivity contribution in [3.8, 4) is 11.8 Å². The van der Waals surface area contributed by atoms with E-state index in [0.717, 1.165) is 0 Å². The molecule has 5 heteroatoms. The van der Waals surface area contributed by atoms with Crippen LogP contribution in [0.15, 0.2) is 42.5 Å². The fourth-order valence-electron chi connectivity index (χ4n) is 1.65. The quantitative estimate of drug-likeness (QED) is 0.939. The Morgan fingerprint density at radius 2 is 2.10 bits per heavy atom. The molecule has 1 N–H and O–H groups in total. The number of carbonyl (C=O) groups is 1. The topological polar surface area (TPSA) is 62.1 Å². The minimum atomic E-state index is -0.273. The highest BCUT2D eigenvalue weighted by Gasteiger charge is 2.08. The van der Waals surface area contributed by atoms with Crippen LogP contribution >= 0.6 is 11.6 Å². The summed E-state index contributed by atoms with van der Waals surface area (Å²) in [5, 5.41) is 11.8. The molecule has 0 aliphatic carbocycles. The normalized spacial score (nSPS) is 9.65. The summed E-state index contributed by atoms with van der Waals surface area (Å²) in [5.41, 5.74) is 1.37. The Balaban J connectivity index is 2.19. The molecule has 0 fully saturated rings. The van der Waals surface area contributed by atoms with Crippen LogP contribution in [-0.4, -0.2) is 13.0 Å². The number of nitrogens with one attached hydrogen (secondary N) is 1. The van der Waals surface area contributed by atoms with Crippen LogP contribution < -0.4 is 10.1 Å². The van der Waals surface area contributed by atoms with Crippen molar-refractivity contribution in [1.29, 1.82) is 5.26 Å². The number of rotatable bonds is 3. The molecule has 0 atom stereocenters. The van der Waals surface area contributed by atoms with E-state index in [1.807, 2.05) is 6.07 Å². The number of nitrogens with zero attached hydrogens (tertiary/aromatic N) is 1. The van der Waals surface area contributed by atoms with Crippen molar-refractivity contribution < 1.29 is 9.53 Å². The molecule has 20 heavy (non-hydrogen) atoms. The minimum Gasteiger partial charge on any atom is -0.497 e. The van der Waals surface area contributed by atoms with Crippen LogP contribution in [0.4, 0.5) is 5.69 Å². The second-order valence-electron chi connectivity index (χ2n) is 3.99. The number of hydrogen-bond acceptors (Lipinski definition) is 3. The fraction of sp³-hybridized carbons (Fsp3) is 0.0667. The molecule has 0 aliphatic heterocycles. The summed E-state index contributed by atoms with van der Waals surface area (Å²) in [4.78, 5) is 12.1. The van der Waals surface area contributed by atoms with E-state index in [0.29, 0.717) is 27.6 Å². The maximum atomic E-state index is 12.1. The Labute approximate surface area is 121 Å². The van der Waals surface area contributed by atoms with Gasteiger partial charge in [-0.1, -0.05) is 17.7 Å². The summed E-state index contributed by atoms with van der Waals surface area (Å²) >= 11 is 5.91. The molecule has 2 aromatic carbocycles. The molecular formula is C15H11ClN2O2. The number of benzene rings is 2. The van der Waals surface area contributed by atoms with E-state index >= 15 is 0 Å². The van der Waals surface area contributed by atoms with Crippen molar-refractivity contribution in [2.45, 2.75) is 0 Å². The van der Waals surface area contributed by atoms with E-state index in [1.54, 1.807) is 36.4 Å². The number of hydrogen-bond donors (Lipinski definition) is 1. The van der Waals surface area contributed by atoms with Gasteiger partial charge in [-0.3, -0.25) is 4.79 Å². The molecule has 0 saturated heterocycles. The van der Waals surface area contributed by atoms with E-state index in [1.165, 1.54) is 13.2 Å².